The molecule has 0 aliphatic carbocycles. The van der Waals surface area contributed by atoms with E-state index in [1.807, 2.05) is 31.2 Å². The molecule has 0 aliphatic heterocycles. The first kappa shape index (κ1) is 13.0. The summed E-state index contributed by atoms with van der Waals surface area (Å²) in [6, 6.07) is 7.65. The number of hydrogen-bond acceptors (Lipinski definition) is 2. The van der Waals surface area contributed by atoms with E-state index in [1.165, 1.54) is 0 Å². The molecular weight excluding hydrogens is 223 g/mol. The van der Waals surface area contributed by atoms with Gasteiger partial charge in [0.2, 0.25) is 0 Å². The van der Waals surface area contributed by atoms with Gasteiger partial charge in [0.05, 0.1) is 0 Å². The molecule has 1 unspecified atom stereocenters. The van der Waals surface area contributed by atoms with E-state index < -0.39 is 8.03 Å². The first-order chi connectivity index (χ1) is 7.61. The molecule has 0 aliphatic rings. The van der Waals surface area contributed by atoms with Crippen molar-refractivity contribution in [2.24, 2.45) is 0 Å². The largest absolute Gasteiger partial charge is 0.505 e. The maximum Gasteiger partial charge on any atom is 0.505 e. The normalized spacial score (nSPS) is 11.2. The van der Waals surface area contributed by atoms with Gasteiger partial charge in [0.25, 0.3) is 0 Å². The second-order valence-corrected chi connectivity index (χ2v) is 4.86. The number of carbonyl (C=O) groups excluding carboxylic acids is 1. The molecule has 0 aromatic heterocycles. The fraction of sp³-hybridized carbons (Fsp3) is 0.417. The van der Waals surface area contributed by atoms with E-state index in [9.17, 15) is 9.36 Å². The molecule has 0 saturated carbocycles. The highest BCUT2D eigenvalue weighted by Gasteiger charge is 2.09. The topological polar surface area (TPSA) is 54.4 Å². The molecule has 1 atom stereocenters. The van der Waals surface area contributed by atoms with Crippen molar-refractivity contribution >= 4 is 13.8 Å². The first-order valence-corrected chi connectivity index (χ1v) is 6.74. The van der Waals surface area contributed by atoms with Crippen molar-refractivity contribution in [3.63, 3.8) is 0 Å². The van der Waals surface area contributed by atoms with Crippen LogP contribution in [0, 0.1) is 0 Å². The molecule has 0 heterocycles. The van der Waals surface area contributed by atoms with Gasteiger partial charge in [-0.05, 0) is 15.7 Å². The van der Waals surface area contributed by atoms with Crippen molar-refractivity contribution in [2.45, 2.75) is 26.2 Å². The highest BCUT2D eigenvalue weighted by atomic mass is 31.1. The maximum atomic E-state index is 11.2. The second-order valence-electron chi connectivity index (χ2n) is 3.71. The van der Waals surface area contributed by atoms with E-state index in [-0.39, 0.29) is 5.78 Å². The SMILES string of the molecule is CCC(=O)Cc1ccc(CC[P+](=O)O)cc1. The van der Waals surface area contributed by atoms with Crippen molar-refractivity contribution in [3.05, 3.63) is 35.4 Å². The summed E-state index contributed by atoms with van der Waals surface area (Å²) >= 11 is 0. The van der Waals surface area contributed by atoms with Crippen molar-refractivity contribution in [2.75, 3.05) is 6.16 Å². The fourth-order valence-electron chi connectivity index (χ4n) is 1.40. The van der Waals surface area contributed by atoms with Gasteiger partial charge < -0.3 is 0 Å². The van der Waals surface area contributed by atoms with Gasteiger partial charge in [-0.3, -0.25) is 4.79 Å². The third-order valence-electron chi connectivity index (χ3n) is 2.41. The Kier molecular flexibility index (Phi) is 5.30. The Morgan fingerprint density at radius 2 is 1.81 bits per heavy atom. The van der Waals surface area contributed by atoms with E-state index in [4.69, 9.17) is 4.89 Å². The average molecular weight is 239 g/mol. The minimum absolute atomic E-state index is 0.228. The predicted octanol–water partition coefficient (Wildman–Crippen LogP) is 2.49. The van der Waals surface area contributed by atoms with Crippen LogP contribution in [0.5, 0.6) is 0 Å². The molecule has 0 amide bonds. The molecule has 1 aromatic carbocycles. The monoisotopic (exact) mass is 239 g/mol. The summed E-state index contributed by atoms with van der Waals surface area (Å²) in [5, 5.41) is 0. The summed E-state index contributed by atoms with van der Waals surface area (Å²) in [6.45, 7) is 1.86. The molecule has 0 radical (unpaired) electrons. The van der Waals surface area contributed by atoms with Crippen molar-refractivity contribution in [1.82, 2.24) is 0 Å². The highest BCUT2D eigenvalue weighted by molar-refractivity contribution is 7.37. The van der Waals surface area contributed by atoms with Crippen LogP contribution in [-0.4, -0.2) is 16.8 Å². The van der Waals surface area contributed by atoms with Gasteiger partial charge in [0.15, 0.2) is 6.16 Å². The van der Waals surface area contributed by atoms with Crippen LogP contribution in [0.4, 0.5) is 0 Å². The predicted molar refractivity (Wildman–Crippen MR) is 63.8 cm³/mol. The number of benzene rings is 1. The van der Waals surface area contributed by atoms with Gasteiger partial charge in [-0.25, -0.2) is 0 Å². The van der Waals surface area contributed by atoms with Gasteiger partial charge >= 0.3 is 8.03 Å². The Balaban J connectivity index is 2.54. The zero-order valence-corrected chi connectivity index (χ0v) is 10.2. The highest BCUT2D eigenvalue weighted by Crippen LogP contribution is 2.16. The minimum atomic E-state index is -2.05. The number of rotatable bonds is 6. The van der Waals surface area contributed by atoms with Crippen LogP contribution in [0.3, 0.4) is 0 Å². The van der Waals surface area contributed by atoms with Crippen LogP contribution in [0.15, 0.2) is 24.3 Å². The molecule has 1 aromatic rings. The number of aryl methyl sites for hydroxylation is 1. The average Bonchev–Trinajstić information content (AvgIpc) is 2.28. The lowest BCUT2D eigenvalue weighted by Gasteiger charge is -2.00. The van der Waals surface area contributed by atoms with Gasteiger partial charge in [-0.1, -0.05) is 31.2 Å². The summed E-state index contributed by atoms with van der Waals surface area (Å²) in [6.07, 6.45) is 1.94. The van der Waals surface area contributed by atoms with Gasteiger partial charge in [0, 0.05) is 19.3 Å². The number of hydrogen-bond donors (Lipinski definition) is 1. The van der Waals surface area contributed by atoms with Crippen LogP contribution in [-0.2, 0) is 22.2 Å². The molecule has 0 saturated heterocycles. The van der Waals surface area contributed by atoms with Gasteiger partial charge in [-0.15, -0.1) is 0 Å². The Bertz CT molecular complexity index is 370. The molecule has 0 bridgehead atoms. The molecule has 3 nitrogen and oxygen atoms in total. The number of ketones is 1. The van der Waals surface area contributed by atoms with E-state index in [2.05, 4.69) is 0 Å². The standard InChI is InChI=1S/C12H15O3P/c1-2-12(13)9-11-5-3-10(4-6-11)7-8-16(14)15/h3-6H,2,7-9H2,1H3/p+1. The van der Waals surface area contributed by atoms with E-state index in [1.54, 1.807) is 0 Å². The molecule has 1 rings (SSSR count). The van der Waals surface area contributed by atoms with Crippen molar-refractivity contribution in [3.8, 4) is 0 Å². The third kappa shape index (κ3) is 4.65. The Hall–Kier alpha value is -1.05. The van der Waals surface area contributed by atoms with Crippen LogP contribution in [0.1, 0.15) is 24.5 Å². The van der Waals surface area contributed by atoms with Crippen LogP contribution < -0.4 is 0 Å². The second kappa shape index (κ2) is 6.51. The van der Waals surface area contributed by atoms with E-state index in [0.29, 0.717) is 25.4 Å². The van der Waals surface area contributed by atoms with Gasteiger partial charge in [0.1, 0.15) is 5.78 Å². The lowest BCUT2D eigenvalue weighted by molar-refractivity contribution is -0.118. The van der Waals surface area contributed by atoms with Crippen molar-refractivity contribution in [1.29, 1.82) is 0 Å². The minimum Gasteiger partial charge on any atom is -0.299 e. The summed E-state index contributed by atoms with van der Waals surface area (Å²) < 4.78 is 10.5. The lowest BCUT2D eigenvalue weighted by atomic mass is 10.0. The zero-order chi connectivity index (χ0) is 12.0. The summed E-state index contributed by atoms with van der Waals surface area (Å²) in [5.74, 6) is 0.228. The summed E-state index contributed by atoms with van der Waals surface area (Å²) in [5.41, 5.74) is 2.04. The Labute approximate surface area is 96.4 Å². The summed E-state index contributed by atoms with van der Waals surface area (Å²) in [7, 11) is -2.05. The Morgan fingerprint density at radius 3 is 2.31 bits per heavy atom. The molecule has 86 valence electrons. The maximum absolute atomic E-state index is 11.2. The number of Topliss-reactive ketones (excluding diaryl/α,β-unsaturated/α-hetero) is 1. The molecule has 1 N–H and O–H groups in total. The van der Waals surface area contributed by atoms with Crippen LogP contribution in [0.25, 0.3) is 0 Å². The quantitative estimate of drug-likeness (QED) is 0.776. The van der Waals surface area contributed by atoms with Crippen LogP contribution in [0.2, 0.25) is 0 Å². The van der Waals surface area contributed by atoms with Gasteiger partial charge in [-0.2, -0.15) is 4.89 Å². The first-order valence-electron chi connectivity index (χ1n) is 5.35. The molecular formula is C12H16O3P+. The molecule has 0 spiro atoms. The zero-order valence-electron chi connectivity index (χ0n) is 9.35. The smallest absolute Gasteiger partial charge is 0.299 e. The summed E-state index contributed by atoms with van der Waals surface area (Å²) in [4.78, 5) is 19.9. The molecule has 0 fully saturated rings. The van der Waals surface area contributed by atoms with Crippen LogP contribution >= 0.6 is 8.03 Å². The molecule has 16 heavy (non-hydrogen) atoms. The number of carbonyl (C=O) groups is 1. The fourth-order valence-corrected chi connectivity index (χ4v) is 1.85. The Morgan fingerprint density at radius 1 is 1.25 bits per heavy atom. The third-order valence-corrected chi connectivity index (χ3v) is 3.02. The van der Waals surface area contributed by atoms with Crippen molar-refractivity contribution < 1.29 is 14.3 Å². The lowest BCUT2D eigenvalue weighted by Crippen LogP contribution is -2.00. The van der Waals surface area contributed by atoms with E-state index in [0.717, 1.165) is 11.1 Å². The molecule has 4 heteroatoms. The van der Waals surface area contributed by atoms with E-state index >= 15 is 0 Å².